The van der Waals surface area contributed by atoms with E-state index in [4.69, 9.17) is 4.74 Å². The van der Waals surface area contributed by atoms with Gasteiger partial charge in [-0.2, -0.15) is 5.10 Å². The molecule has 1 aromatic heterocycles. The number of nitrogens with zero attached hydrogens (tertiary/aromatic N) is 3. The fourth-order valence-electron chi connectivity index (χ4n) is 3.44. The molecule has 2 aliphatic rings. The Kier molecular flexibility index (Phi) is 4.58. The van der Waals surface area contributed by atoms with Gasteiger partial charge in [-0.3, -0.25) is 9.48 Å². The van der Waals surface area contributed by atoms with Gasteiger partial charge in [0.1, 0.15) is 0 Å². The Balaban J connectivity index is 1.51. The van der Waals surface area contributed by atoms with Gasteiger partial charge in [-0.25, -0.2) is 0 Å². The van der Waals surface area contributed by atoms with Crippen LogP contribution in [-0.2, 0) is 16.1 Å². The molecule has 0 unspecified atom stereocenters. The first-order valence-corrected chi connectivity index (χ1v) is 8.12. The molecule has 0 radical (unpaired) electrons. The lowest BCUT2D eigenvalue weighted by Crippen LogP contribution is -2.38. The van der Waals surface area contributed by atoms with Crippen molar-refractivity contribution in [1.29, 1.82) is 0 Å². The first-order chi connectivity index (χ1) is 10.2. The largest absolute Gasteiger partial charge is 0.378 e. The van der Waals surface area contributed by atoms with E-state index in [1.807, 2.05) is 24.0 Å². The number of aromatic nitrogens is 2. The van der Waals surface area contributed by atoms with Crippen LogP contribution < -0.4 is 0 Å². The maximum atomic E-state index is 12.4. The highest BCUT2D eigenvalue weighted by Crippen LogP contribution is 2.22. The van der Waals surface area contributed by atoms with Crippen LogP contribution in [0.15, 0.2) is 12.4 Å². The van der Waals surface area contributed by atoms with Gasteiger partial charge in [-0.05, 0) is 44.6 Å². The monoisotopic (exact) mass is 291 g/mol. The Labute approximate surface area is 126 Å². The van der Waals surface area contributed by atoms with E-state index in [0.29, 0.717) is 18.6 Å². The van der Waals surface area contributed by atoms with Gasteiger partial charge in [0.2, 0.25) is 5.91 Å². The third-order valence-corrected chi connectivity index (χ3v) is 4.56. The van der Waals surface area contributed by atoms with Gasteiger partial charge in [-0.15, -0.1) is 0 Å². The summed E-state index contributed by atoms with van der Waals surface area (Å²) in [5.41, 5.74) is 1.17. The summed E-state index contributed by atoms with van der Waals surface area (Å²) in [7, 11) is 0. The number of ether oxygens (including phenoxy) is 1. The van der Waals surface area contributed by atoms with E-state index in [1.165, 1.54) is 5.56 Å². The van der Waals surface area contributed by atoms with Gasteiger partial charge in [0.05, 0.1) is 24.9 Å². The highest BCUT2D eigenvalue weighted by Gasteiger charge is 2.29. The van der Waals surface area contributed by atoms with Gasteiger partial charge in [0.15, 0.2) is 0 Å². The fourth-order valence-corrected chi connectivity index (χ4v) is 3.44. The Bertz CT molecular complexity index is 480. The van der Waals surface area contributed by atoms with Gasteiger partial charge < -0.3 is 9.64 Å². The number of aryl methyl sites for hydroxylation is 1. The third-order valence-electron chi connectivity index (χ3n) is 4.56. The fraction of sp³-hybridized carbons (Fsp3) is 0.750. The second-order valence-corrected chi connectivity index (χ2v) is 6.30. The van der Waals surface area contributed by atoms with Gasteiger partial charge >= 0.3 is 0 Å². The van der Waals surface area contributed by atoms with Crippen molar-refractivity contribution in [2.45, 2.75) is 64.1 Å². The summed E-state index contributed by atoms with van der Waals surface area (Å²) in [6.45, 7) is 4.63. The molecular weight excluding hydrogens is 266 g/mol. The molecule has 3 rings (SSSR count). The van der Waals surface area contributed by atoms with Crippen molar-refractivity contribution in [1.82, 2.24) is 14.7 Å². The highest BCUT2D eigenvalue weighted by atomic mass is 16.5. The van der Waals surface area contributed by atoms with Crippen LogP contribution >= 0.6 is 0 Å². The van der Waals surface area contributed by atoms with E-state index in [0.717, 1.165) is 51.8 Å². The van der Waals surface area contributed by atoms with E-state index in [2.05, 4.69) is 10.00 Å². The first-order valence-electron chi connectivity index (χ1n) is 8.12. The van der Waals surface area contributed by atoms with Crippen molar-refractivity contribution in [2.24, 2.45) is 0 Å². The van der Waals surface area contributed by atoms with Crippen LogP contribution in [0.1, 0.15) is 44.1 Å². The molecule has 5 heteroatoms. The molecule has 21 heavy (non-hydrogen) atoms. The van der Waals surface area contributed by atoms with Crippen molar-refractivity contribution in [3.8, 4) is 0 Å². The summed E-state index contributed by atoms with van der Waals surface area (Å²) in [4.78, 5) is 14.5. The predicted molar refractivity (Wildman–Crippen MR) is 79.9 cm³/mol. The van der Waals surface area contributed by atoms with Gasteiger partial charge in [-0.1, -0.05) is 0 Å². The van der Waals surface area contributed by atoms with Crippen LogP contribution in [0.3, 0.4) is 0 Å². The highest BCUT2D eigenvalue weighted by molar-refractivity contribution is 5.76. The van der Waals surface area contributed by atoms with Crippen molar-refractivity contribution in [3.63, 3.8) is 0 Å². The van der Waals surface area contributed by atoms with Crippen LogP contribution in [0.5, 0.6) is 0 Å². The molecule has 0 aromatic carbocycles. The SMILES string of the molecule is Cc1cnn(C[C@H]2CCCN2C(=O)CC[C@H]2CCCO2)c1. The molecule has 2 fully saturated rings. The minimum absolute atomic E-state index is 0.289. The molecule has 116 valence electrons. The quantitative estimate of drug-likeness (QED) is 0.835. The number of carbonyl (C=O) groups excluding carboxylic acids is 1. The normalized spacial score (nSPS) is 25.7. The molecule has 3 heterocycles. The Morgan fingerprint density at radius 1 is 1.43 bits per heavy atom. The number of amides is 1. The number of rotatable bonds is 5. The minimum Gasteiger partial charge on any atom is -0.378 e. The topological polar surface area (TPSA) is 47.4 Å². The molecule has 2 saturated heterocycles. The van der Waals surface area contributed by atoms with E-state index in [1.54, 1.807) is 0 Å². The molecule has 0 saturated carbocycles. The van der Waals surface area contributed by atoms with Crippen molar-refractivity contribution in [2.75, 3.05) is 13.2 Å². The third kappa shape index (κ3) is 3.64. The van der Waals surface area contributed by atoms with Crippen LogP contribution in [0, 0.1) is 6.92 Å². The Morgan fingerprint density at radius 2 is 2.33 bits per heavy atom. The lowest BCUT2D eigenvalue weighted by atomic mass is 10.1. The second-order valence-electron chi connectivity index (χ2n) is 6.30. The number of likely N-dealkylation sites (tertiary alicyclic amines) is 1. The maximum Gasteiger partial charge on any atom is 0.222 e. The van der Waals surface area contributed by atoms with Crippen LogP contribution in [0.4, 0.5) is 0 Å². The van der Waals surface area contributed by atoms with Gasteiger partial charge in [0.25, 0.3) is 0 Å². The zero-order valence-corrected chi connectivity index (χ0v) is 12.8. The van der Waals surface area contributed by atoms with Crippen LogP contribution in [0.25, 0.3) is 0 Å². The zero-order valence-electron chi connectivity index (χ0n) is 12.8. The average Bonchev–Trinajstić information content (AvgIpc) is 3.19. The lowest BCUT2D eigenvalue weighted by Gasteiger charge is -2.25. The molecule has 0 bridgehead atoms. The zero-order chi connectivity index (χ0) is 14.7. The summed E-state index contributed by atoms with van der Waals surface area (Å²) >= 11 is 0. The molecular formula is C16H25N3O2. The lowest BCUT2D eigenvalue weighted by molar-refractivity contribution is -0.132. The number of hydrogen-bond donors (Lipinski definition) is 0. The molecule has 2 atom stereocenters. The smallest absolute Gasteiger partial charge is 0.222 e. The Morgan fingerprint density at radius 3 is 3.05 bits per heavy atom. The summed E-state index contributed by atoms with van der Waals surface area (Å²) in [5.74, 6) is 0.289. The van der Waals surface area contributed by atoms with Gasteiger partial charge in [0, 0.05) is 25.8 Å². The minimum atomic E-state index is 0.289. The average molecular weight is 291 g/mol. The summed E-state index contributed by atoms with van der Waals surface area (Å²) in [5, 5.41) is 4.34. The van der Waals surface area contributed by atoms with Crippen LogP contribution in [0.2, 0.25) is 0 Å². The summed E-state index contributed by atoms with van der Waals surface area (Å²) in [6, 6.07) is 0.307. The summed E-state index contributed by atoms with van der Waals surface area (Å²) < 4.78 is 7.57. The molecule has 1 amide bonds. The van der Waals surface area contributed by atoms with E-state index < -0.39 is 0 Å². The van der Waals surface area contributed by atoms with Crippen molar-refractivity contribution < 1.29 is 9.53 Å². The molecule has 1 aromatic rings. The number of hydrogen-bond acceptors (Lipinski definition) is 3. The molecule has 0 N–H and O–H groups in total. The molecule has 2 aliphatic heterocycles. The number of carbonyl (C=O) groups is 1. The standard InChI is InChI=1S/C16H25N3O2/c1-13-10-17-18(11-13)12-14-4-2-8-19(14)16(20)7-6-15-5-3-9-21-15/h10-11,14-15H,2-9,12H2,1H3/t14-,15-/m1/s1. The van der Waals surface area contributed by atoms with E-state index in [-0.39, 0.29) is 5.91 Å². The summed E-state index contributed by atoms with van der Waals surface area (Å²) in [6.07, 6.45) is 10.2. The first kappa shape index (κ1) is 14.6. The van der Waals surface area contributed by atoms with Crippen molar-refractivity contribution >= 4 is 5.91 Å². The van der Waals surface area contributed by atoms with Crippen molar-refractivity contribution in [3.05, 3.63) is 18.0 Å². The Hall–Kier alpha value is -1.36. The van der Waals surface area contributed by atoms with Crippen LogP contribution in [-0.4, -0.2) is 45.9 Å². The maximum absolute atomic E-state index is 12.4. The van der Waals surface area contributed by atoms with E-state index in [9.17, 15) is 4.79 Å². The molecule has 0 aliphatic carbocycles. The molecule has 0 spiro atoms. The van der Waals surface area contributed by atoms with E-state index >= 15 is 0 Å². The predicted octanol–water partition coefficient (Wildman–Crippen LogP) is 2.14. The second kappa shape index (κ2) is 6.60. The molecule has 5 nitrogen and oxygen atoms in total.